The van der Waals surface area contributed by atoms with Crippen LogP contribution in [0.3, 0.4) is 0 Å². The summed E-state index contributed by atoms with van der Waals surface area (Å²) in [4.78, 5) is 24.5. The molecule has 0 spiro atoms. The third kappa shape index (κ3) is 55.9. The lowest BCUT2D eigenvalue weighted by Gasteiger charge is -2.22. The van der Waals surface area contributed by atoms with Crippen LogP contribution in [0.4, 0.5) is 0 Å². The predicted octanol–water partition coefficient (Wildman–Crippen LogP) is 20.0. The van der Waals surface area contributed by atoms with Gasteiger partial charge in [0.15, 0.2) is 0 Å². The molecule has 0 aliphatic carbocycles. The maximum atomic E-state index is 12.5. The molecule has 1 amide bonds. The van der Waals surface area contributed by atoms with E-state index in [-0.39, 0.29) is 18.5 Å². The lowest BCUT2D eigenvalue weighted by Crippen LogP contribution is -2.45. The zero-order chi connectivity index (χ0) is 50.7. The first kappa shape index (κ1) is 68.6. The minimum atomic E-state index is -0.664. The van der Waals surface area contributed by atoms with Gasteiger partial charge >= 0.3 is 5.97 Å². The standard InChI is InChI=1S/C64H125NO5/c1-3-5-7-9-11-13-15-16-17-18-24-27-30-33-37-40-44-48-52-56-62(67)61(60-66)65-63(68)57-53-49-45-41-38-34-31-28-25-22-20-19-21-23-26-29-32-35-39-43-47-51-55-59-70-64(69)58-54-50-46-42-36-14-12-10-8-6-4-2/h10,12,61-62,66-67H,3-9,11,13-60H2,1-2H3,(H,65,68)/b12-10-. The summed E-state index contributed by atoms with van der Waals surface area (Å²) in [7, 11) is 0. The van der Waals surface area contributed by atoms with Crippen molar-refractivity contribution in [1.29, 1.82) is 0 Å². The Balaban J connectivity index is 3.38. The van der Waals surface area contributed by atoms with Crippen molar-refractivity contribution in [2.75, 3.05) is 13.2 Å². The summed E-state index contributed by atoms with van der Waals surface area (Å²) in [5.74, 6) is -0.0266. The van der Waals surface area contributed by atoms with Gasteiger partial charge in [-0.2, -0.15) is 0 Å². The molecule has 0 aliphatic rings. The Kier molecular flexibility index (Phi) is 59.0. The van der Waals surface area contributed by atoms with Crippen molar-refractivity contribution >= 4 is 11.9 Å². The fraction of sp³-hybridized carbons (Fsp3) is 0.938. The van der Waals surface area contributed by atoms with Crippen LogP contribution in [0.15, 0.2) is 12.2 Å². The van der Waals surface area contributed by atoms with Gasteiger partial charge in [-0.1, -0.05) is 315 Å². The van der Waals surface area contributed by atoms with Gasteiger partial charge < -0.3 is 20.3 Å². The van der Waals surface area contributed by atoms with Crippen LogP contribution in [-0.4, -0.2) is 47.4 Å². The molecule has 0 bridgehead atoms. The van der Waals surface area contributed by atoms with Gasteiger partial charge in [-0.25, -0.2) is 0 Å². The molecule has 0 fully saturated rings. The zero-order valence-electron chi connectivity index (χ0n) is 47.5. The van der Waals surface area contributed by atoms with Crippen molar-refractivity contribution in [1.82, 2.24) is 5.32 Å². The van der Waals surface area contributed by atoms with Crippen LogP contribution in [0.25, 0.3) is 0 Å². The fourth-order valence-corrected chi connectivity index (χ4v) is 10.2. The number of esters is 1. The molecule has 6 nitrogen and oxygen atoms in total. The summed E-state index contributed by atoms with van der Waals surface area (Å²) in [6, 6.07) is -0.541. The number of amides is 1. The summed E-state index contributed by atoms with van der Waals surface area (Å²) >= 11 is 0. The van der Waals surface area contributed by atoms with Gasteiger partial charge in [0.25, 0.3) is 0 Å². The number of ether oxygens (including phenoxy) is 1. The molecule has 0 aromatic carbocycles. The molecule has 2 atom stereocenters. The lowest BCUT2D eigenvalue weighted by molar-refractivity contribution is -0.143. The number of unbranched alkanes of at least 4 members (excludes halogenated alkanes) is 47. The minimum absolute atomic E-state index is 0.00406. The first-order chi connectivity index (χ1) is 34.5. The second kappa shape index (κ2) is 60.2. The molecule has 0 aromatic rings. The smallest absolute Gasteiger partial charge is 0.305 e. The van der Waals surface area contributed by atoms with Crippen LogP contribution in [0.1, 0.15) is 361 Å². The van der Waals surface area contributed by atoms with Crippen molar-refractivity contribution in [2.24, 2.45) is 0 Å². The maximum Gasteiger partial charge on any atom is 0.305 e. The number of carbonyl (C=O) groups is 2. The molecule has 0 radical (unpaired) electrons. The number of hydrogen-bond acceptors (Lipinski definition) is 5. The highest BCUT2D eigenvalue weighted by atomic mass is 16.5. The molecule has 2 unspecified atom stereocenters. The molecule has 0 rings (SSSR count). The average Bonchev–Trinajstić information content (AvgIpc) is 3.36. The Hall–Kier alpha value is -1.40. The number of nitrogens with one attached hydrogen (secondary N) is 1. The van der Waals surface area contributed by atoms with Crippen LogP contribution in [0.2, 0.25) is 0 Å². The number of aliphatic hydroxyl groups is 2. The van der Waals surface area contributed by atoms with E-state index in [2.05, 4.69) is 31.3 Å². The first-order valence-corrected chi connectivity index (χ1v) is 31.9. The molecule has 70 heavy (non-hydrogen) atoms. The van der Waals surface area contributed by atoms with E-state index in [9.17, 15) is 19.8 Å². The maximum absolute atomic E-state index is 12.5. The highest BCUT2D eigenvalue weighted by Crippen LogP contribution is 2.19. The molecule has 0 saturated heterocycles. The normalized spacial score (nSPS) is 12.6. The number of aliphatic hydroxyl groups excluding tert-OH is 2. The average molecular weight is 989 g/mol. The Morgan fingerprint density at radius 1 is 0.386 bits per heavy atom. The highest BCUT2D eigenvalue weighted by Gasteiger charge is 2.20. The molecule has 416 valence electrons. The van der Waals surface area contributed by atoms with E-state index in [1.54, 1.807) is 0 Å². The zero-order valence-corrected chi connectivity index (χ0v) is 47.5. The Labute approximate surface area is 438 Å². The molecule has 0 saturated carbocycles. The number of carbonyl (C=O) groups excluding carboxylic acids is 2. The third-order valence-electron chi connectivity index (χ3n) is 15.1. The van der Waals surface area contributed by atoms with Gasteiger partial charge in [-0.05, 0) is 44.9 Å². The SMILES string of the molecule is CCCC/C=C\CCCCCCCC(=O)OCCCCCCCCCCCCCCCCCCCCCCCCCC(=O)NC(CO)C(O)CCCCCCCCCCCCCCCCCCCCC. The van der Waals surface area contributed by atoms with Crippen molar-refractivity contribution in [2.45, 2.75) is 373 Å². The number of rotatable bonds is 60. The van der Waals surface area contributed by atoms with Crippen molar-refractivity contribution < 1.29 is 24.5 Å². The van der Waals surface area contributed by atoms with Gasteiger partial charge in [-0.3, -0.25) is 9.59 Å². The lowest BCUT2D eigenvalue weighted by atomic mass is 10.0. The topological polar surface area (TPSA) is 95.9 Å². The van der Waals surface area contributed by atoms with E-state index in [1.807, 2.05) is 0 Å². The molecule has 0 aromatic heterocycles. The van der Waals surface area contributed by atoms with Gasteiger partial charge in [0.2, 0.25) is 5.91 Å². The number of allylic oxidation sites excluding steroid dienone is 2. The van der Waals surface area contributed by atoms with Gasteiger partial charge in [0.05, 0.1) is 25.4 Å². The molecule has 0 heterocycles. The van der Waals surface area contributed by atoms with Gasteiger partial charge in [0.1, 0.15) is 0 Å². The summed E-state index contributed by atoms with van der Waals surface area (Å²) in [6.45, 7) is 4.94. The Morgan fingerprint density at radius 2 is 0.686 bits per heavy atom. The van der Waals surface area contributed by atoms with Gasteiger partial charge in [0, 0.05) is 12.8 Å². The predicted molar refractivity (Wildman–Crippen MR) is 306 cm³/mol. The van der Waals surface area contributed by atoms with E-state index >= 15 is 0 Å². The summed E-state index contributed by atoms with van der Waals surface area (Å²) in [5, 5.41) is 23.4. The molecule has 3 N–H and O–H groups in total. The van der Waals surface area contributed by atoms with E-state index in [1.165, 1.54) is 283 Å². The monoisotopic (exact) mass is 988 g/mol. The first-order valence-electron chi connectivity index (χ1n) is 31.9. The van der Waals surface area contributed by atoms with E-state index < -0.39 is 12.1 Å². The van der Waals surface area contributed by atoms with E-state index in [0.717, 1.165) is 44.9 Å². The largest absolute Gasteiger partial charge is 0.466 e. The fourth-order valence-electron chi connectivity index (χ4n) is 10.2. The molecule has 0 aliphatic heterocycles. The van der Waals surface area contributed by atoms with Gasteiger partial charge in [-0.15, -0.1) is 0 Å². The third-order valence-corrected chi connectivity index (χ3v) is 15.1. The van der Waals surface area contributed by atoms with Crippen LogP contribution < -0.4 is 5.32 Å². The van der Waals surface area contributed by atoms with Crippen LogP contribution >= 0.6 is 0 Å². The second-order valence-corrected chi connectivity index (χ2v) is 22.1. The second-order valence-electron chi connectivity index (χ2n) is 22.1. The highest BCUT2D eigenvalue weighted by molar-refractivity contribution is 5.76. The van der Waals surface area contributed by atoms with Crippen molar-refractivity contribution in [3.63, 3.8) is 0 Å². The van der Waals surface area contributed by atoms with Crippen LogP contribution in [0, 0.1) is 0 Å². The summed E-state index contributed by atoms with van der Waals surface area (Å²) < 4.78 is 5.46. The minimum Gasteiger partial charge on any atom is -0.466 e. The van der Waals surface area contributed by atoms with Crippen LogP contribution in [-0.2, 0) is 14.3 Å². The van der Waals surface area contributed by atoms with E-state index in [4.69, 9.17) is 4.74 Å². The van der Waals surface area contributed by atoms with E-state index in [0.29, 0.717) is 25.9 Å². The Bertz CT molecular complexity index is 1050. The number of hydrogen-bond donors (Lipinski definition) is 3. The van der Waals surface area contributed by atoms with Crippen LogP contribution in [0.5, 0.6) is 0 Å². The quantitative estimate of drug-likeness (QED) is 0.0321. The summed E-state index contributed by atoms with van der Waals surface area (Å²) in [6.07, 6.45) is 72.3. The Morgan fingerprint density at radius 3 is 1.06 bits per heavy atom. The molecular weight excluding hydrogens is 863 g/mol. The van der Waals surface area contributed by atoms with Crippen molar-refractivity contribution in [3.05, 3.63) is 12.2 Å². The molecule has 6 heteroatoms. The van der Waals surface area contributed by atoms with Crippen molar-refractivity contribution in [3.8, 4) is 0 Å². The summed E-state index contributed by atoms with van der Waals surface area (Å²) in [5.41, 5.74) is 0. The molecular formula is C64H125NO5.